The predicted molar refractivity (Wildman–Crippen MR) is 81.6 cm³/mol. The molecule has 2 atom stereocenters. The van der Waals surface area contributed by atoms with Crippen molar-refractivity contribution in [1.29, 1.82) is 0 Å². The van der Waals surface area contributed by atoms with Crippen molar-refractivity contribution in [2.75, 3.05) is 32.8 Å². The SMILES string of the molecule is Cn1cnc(C(=O)N2CC[C@@H]3OCCN(CC4CC4)[C@H]3C2)c1. The highest BCUT2D eigenvalue weighted by Gasteiger charge is 2.40. The summed E-state index contributed by atoms with van der Waals surface area (Å²) in [6, 6.07) is 0.357. The lowest BCUT2D eigenvalue weighted by Crippen LogP contribution is -2.61. The second-order valence-electron chi connectivity index (χ2n) is 6.88. The van der Waals surface area contributed by atoms with Crippen LogP contribution in [0.4, 0.5) is 0 Å². The number of amides is 1. The fourth-order valence-corrected chi connectivity index (χ4v) is 3.67. The standard InChI is InChI=1S/C16H24N4O2/c1-18-9-13(17-11-18)16(21)20-5-4-15-14(10-20)19(6-7-22-15)8-12-2-3-12/h9,11-12,14-15H,2-8,10H2,1H3/t14-,15-/m0/s1. The number of ether oxygens (including phenoxy) is 1. The van der Waals surface area contributed by atoms with Gasteiger partial charge < -0.3 is 14.2 Å². The second-order valence-corrected chi connectivity index (χ2v) is 6.88. The first-order valence-electron chi connectivity index (χ1n) is 8.33. The van der Waals surface area contributed by atoms with Crippen LogP contribution in [0, 0.1) is 5.92 Å². The summed E-state index contributed by atoms with van der Waals surface area (Å²) >= 11 is 0. The van der Waals surface area contributed by atoms with Crippen LogP contribution in [0.2, 0.25) is 0 Å². The molecule has 0 aromatic carbocycles. The molecule has 1 aromatic rings. The fourth-order valence-electron chi connectivity index (χ4n) is 3.67. The van der Waals surface area contributed by atoms with Gasteiger partial charge in [0.25, 0.3) is 5.91 Å². The van der Waals surface area contributed by atoms with Crippen LogP contribution in [0.15, 0.2) is 12.5 Å². The molecule has 1 amide bonds. The van der Waals surface area contributed by atoms with Crippen molar-refractivity contribution >= 4 is 5.91 Å². The monoisotopic (exact) mass is 304 g/mol. The van der Waals surface area contributed by atoms with E-state index in [2.05, 4.69) is 9.88 Å². The van der Waals surface area contributed by atoms with E-state index < -0.39 is 0 Å². The number of fused-ring (bicyclic) bond motifs is 1. The molecule has 22 heavy (non-hydrogen) atoms. The Morgan fingerprint density at radius 3 is 2.95 bits per heavy atom. The molecule has 3 aliphatic rings. The molecule has 1 aromatic heterocycles. The number of aryl methyl sites for hydroxylation is 1. The van der Waals surface area contributed by atoms with E-state index in [0.717, 1.165) is 38.6 Å². The quantitative estimate of drug-likeness (QED) is 0.827. The third-order valence-electron chi connectivity index (χ3n) is 5.10. The molecule has 0 bridgehead atoms. The molecule has 6 heteroatoms. The van der Waals surface area contributed by atoms with Crippen molar-refractivity contribution in [3.63, 3.8) is 0 Å². The third-order valence-corrected chi connectivity index (χ3v) is 5.10. The average Bonchev–Trinajstić information content (AvgIpc) is 3.25. The van der Waals surface area contributed by atoms with Crippen LogP contribution in [0.3, 0.4) is 0 Å². The van der Waals surface area contributed by atoms with Crippen LogP contribution < -0.4 is 0 Å². The van der Waals surface area contributed by atoms with E-state index in [1.165, 1.54) is 19.4 Å². The number of piperidine rings is 1. The lowest BCUT2D eigenvalue weighted by molar-refractivity contribution is -0.0989. The number of rotatable bonds is 3. The van der Waals surface area contributed by atoms with Crippen molar-refractivity contribution in [3.8, 4) is 0 Å². The number of aromatic nitrogens is 2. The van der Waals surface area contributed by atoms with Crippen LogP contribution in [0.25, 0.3) is 0 Å². The largest absolute Gasteiger partial charge is 0.375 e. The Bertz CT molecular complexity index is 554. The first-order chi connectivity index (χ1) is 10.7. The Kier molecular flexibility index (Phi) is 3.66. The third kappa shape index (κ3) is 2.77. The maximum absolute atomic E-state index is 12.6. The predicted octanol–water partition coefficient (Wildman–Crippen LogP) is 0.745. The number of likely N-dealkylation sites (tertiary alicyclic amines) is 1. The number of nitrogens with zero attached hydrogens (tertiary/aromatic N) is 4. The van der Waals surface area contributed by atoms with Crippen LogP contribution in [-0.4, -0.2) is 70.2 Å². The zero-order valence-corrected chi connectivity index (χ0v) is 13.1. The van der Waals surface area contributed by atoms with E-state index in [4.69, 9.17) is 4.74 Å². The van der Waals surface area contributed by atoms with Gasteiger partial charge in [0.1, 0.15) is 5.69 Å². The topological polar surface area (TPSA) is 50.6 Å². The number of morpholine rings is 1. The minimum absolute atomic E-state index is 0.0518. The maximum Gasteiger partial charge on any atom is 0.274 e. The zero-order valence-electron chi connectivity index (χ0n) is 13.1. The number of hydrogen-bond acceptors (Lipinski definition) is 4. The van der Waals surface area contributed by atoms with Gasteiger partial charge in [0, 0.05) is 39.4 Å². The van der Waals surface area contributed by atoms with Crippen LogP contribution in [0.1, 0.15) is 29.8 Å². The Balaban J connectivity index is 1.46. The van der Waals surface area contributed by atoms with Crippen LogP contribution in [-0.2, 0) is 11.8 Å². The Labute approximate surface area is 131 Å². The van der Waals surface area contributed by atoms with Crippen molar-refractivity contribution in [2.24, 2.45) is 13.0 Å². The molecule has 0 radical (unpaired) electrons. The maximum atomic E-state index is 12.6. The fraction of sp³-hybridized carbons (Fsp3) is 0.750. The minimum Gasteiger partial charge on any atom is -0.375 e. The van der Waals surface area contributed by atoms with Crippen molar-refractivity contribution in [3.05, 3.63) is 18.2 Å². The molecule has 0 spiro atoms. The van der Waals surface area contributed by atoms with Crippen LogP contribution in [0.5, 0.6) is 0 Å². The van der Waals surface area contributed by atoms with Gasteiger partial charge in [0.2, 0.25) is 0 Å². The summed E-state index contributed by atoms with van der Waals surface area (Å²) in [5, 5.41) is 0. The van der Waals surface area contributed by atoms with E-state index >= 15 is 0 Å². The Morgan fingerprint density at radius 2 is 2.23 bits per heavy atom. The summed E-state index contributed by atoms with van der Waals surface area (Å²) in [7, 11) is 1.89. The zero-order chi connectivity index (χ0) is 15.1. The van der Waals surface area contributed by atoms with Crippen molar-refractivity contribution in [1.82, 2.24) is 19.4 Å². The van der Waals surface area contributed by atoms with E-state index in [-0.39, 0.29) is 5.91 Å². The lowest BCUT2D eigenvalue weighted by Gasteiger charge is -2.47. The second kappa shape index (κ2) is 5.66. The Hall–Kier alpha value is -1.40. The Morgan fingerprint density at radius 1 is 1.36 bits per heavy atom. The number of carbonyl (C=O) groups excluding carboxylic acids is 1. The summed E-state index contributed by atoms with van der Waals surface area (Å²) < 4.78 is 7.78. The van der Waals surface area contributed by atoms with Crippen LogP contribution >= 0.6 is 0 Å². The van der Waals surface area contributed by atoms with Crippen molar-refractivity contribution in [2.45, 2.75) is 31.4 Å². The van der Waals surface area contributed by atoms with Gasteiger partial charge in [-0.1, -0.05) is 0 Å². The first kappa shape index (κ1) is 14.2. The molecule has 0 unspecified atom stereocenters. The summed E-state index contributed by atoms with van der Waals surface area (Å²) in [5.74, 6) is 0.927. The van der Waals surface area contributed by atoms with Gasteiger partial charge in [0.05, 0.1) is 25.1 Å². The molecule has 2 aliphatic heterocycles. The molecule has 3 fully saturated rings. The highest BCUT2D eigenvalue weighted by atomic mass is 16.5. The number of carbonyl (C=O) groups is 1. The lowest BCUT2D eigenvalue weighted by atomic mass is 9.98. The molecule has 3 heterocycles. The van der Waals surface area contributed by atoms with Gasteiger partial charge in [-0.25, -0.2) is 4.98 Å². The van der Waals surface area contributed by atoms with Crippen molar-refractivity contribution < 1.29 is 9.53 Å². The molecular formula is C16H24N4O2. The summed E-state index contributed by atoms with van der Waals surface area (Å²) in [6.07, 6.45) is 7.44. The molecule has 0 N–H and O–H groups in total. The van der Waals surface area contributed by atoms with Gasteiger partial charge in [-0.3, -0.25) is 9.69 Å². The molecule has 2 saturated heterocycles. The smallest absolute Gasteiger partial charge is 0.274 e. The summed E-state index contributed by atoms with van der Waals surface area (Å²) in [5.41, 5.74) is 0.548. The van der Waals surface area contributed by atoms with Gasteiger partial charge >= 0.3 is 0 Å². The number of hydrogen-bond donors (Lipinski definition) is 0. The summed E-state index contributed by atoms with van der Waals surface area (Å²) in [4.78, 5) is 21.3. The van der Waals surface area contributed by atoms with Gasteiger partial charge in [-0.15, -0.1) is 0 Å². The molecule has 1 aliphatic carbocycles. The molecule has 6 nitrogen and oxygen atoms in total. The van der Waals surface area contributed by atoms with E-state index in [0.29, 0.717) is 17.8 Å². The molecule has 120 valence electrons. The summed E-state index contributed by atoms with van der Waals surface area (Å²) in [6.45, 7) is 4.56. The van der Waals surface area contributed by atoms with Gasteiger partial charge in [-0.05, 0) is 25.2 Å². The van der Waals surface area contributed by atoms with E-state index in [1.807, 2.05) is 16.5 Å². The first-order valence-corrected chi connectivity index (χ1v) is 8.33. The minimum atomic E-state index is 0.0518. The molecule has 4 rings (SSSR count). The highest BCUT2D eigenvalue weighted by Crippen LogP contribution is 2.33. The number of imidazole rings is 1. The average molecular weight is 304 g/mol. The molecule has 1 saturated carbocycles. The normalized spacial score (nSPS) is 29.4. The highest BCUT2D eigenvalue weighted by molar-refractivity contribution is 5.92. The van der Waals surface area contributed by atoms with E-state index in [9.17, 15) is 4.79 Å². The van der Waals surface area contributed by atoms with Gasteiger partial charge in [0.15, 0.2) is 0 Å². The van der Waals surface area contributed by atoms with Gasteiger partial charge in [-0.2, -0.15) is 0 Å². The van der Waals surface area contributed by atoms with E-state index in [1.54, 1.807) is 12.5 Å². The molecular weight excluding hydrogens is 280 g/mol.